The van der Waals surface area contributed by atoms with Gasteiger partial charge < -0.3 is 9.47 Å². The Labute approximate surface area is 119 Å². The van der Waals surface area contributed by atoms with E-state index >= 15 is 0 Å². The maximum Gasteiger partial charge on any atom is 0.173 e. The van der Waals surface area contributed by atoms with Gasteiger partial charge in [-0.2, -0.15) is 0 Å². The first-order valence-electron chi connectivity index (χ1n) is 5.73. The van der Waals surface area contributed by atoms with Gasteiger partial charge in [0.05, 0.1) is 5.56 Å². The highest BCUT2D eigenvalue weighted by Gasteiger charge is 2.34. The molecule has 0 aliphatic carbocycles. The van der Waals surface area contributed by atoms with Crippen LogP contribution in [0.1, 0.15) is 30.6 Å². The molecule has 1 aromatic carbocycles. The average molecular weight is 364 g/mol. The van der Waals surface area contributed by atoms with Crippen molar-refractivity contribution in [3.63, 3.8) is 0 Å². The topological polar surface area (TPSA) is 35.5 Å². The Morgan fingerprint density at radius 3 is 2.89 bits per heavy atom. The summed E-state index contributed by atoms with van der Waals surface area (Å²) in [6, 6.07) is 2.47. The summed E-state index contributed by atoms with van der Waals surface area (Å²) in [5, 5.41) is 0. The second-order valence-electron chi connectivity index (χ2n) is 4.53. The summed E-state index contributed by atoms with van der Waals surface area (Å²) in [4.78, 5) is 11.8. The normalized spacial score (nSPS) is 21.8. The molecular weight excluding hydrogens is 350 g/mol. The molecule has 0 bridgehead atoms. The molecule has 0 aromatic heterocycles. The highest BCUT2D eigenvalue weighted by atomic mass is 127. The van der Waals surface area contributed by atoms with E-state index in [2.05, 4.69) is 22.6 Å². The smallest absolute Gasteiger partial charge is 0.173 e. The van der Waals surface area contributed by atoms with Crippen LogP contribution in [0, 0.1) is 5.82 Å². The maximum absolute atomic E-state index is 13.4. The summed E-state index contributed by atoms with van der Waals surface area (Å²) in [6.07, 6.45) is 0.306. The standard InChI is InChI=1S/C13H14FIO3/c1-3-10(16)9-4-8(14)5-11-12(9)18-13(2,6-15)7-17-11/h4-5H,3,6-7H2,1-2H3. The Balaban J connectivity index is 2.50. The van der Waals surface area contributed by atoms with Gasteiger partial charge in [0, 0.05) is 16.9 Å². The number of Topliss-reactive ketones (excluding diaryl/α,β-unsaturated/α-hetero) is 1. The monoisotopic (exact) mass is 364 g/mol. The van der Waals surface area contributed by atoms with Gasteiger partial charge in [0.1, 0.15) is 18.0 Å². The number of carbonyl (C=O) groups excluding carboxylic acids is 1. The van der Waals surface area contributed by atoms with Gasteiger partial charge in [-0.25, -0.2) is 4.39 Å². The van der Waals surface area contributed by atoms with Crippen LogP contribution in [0.5, 0.6) is 11.5 Å². The molecule has 3 nitrogen and oxygen atoms in total. The lowest BCUT2D eigenvalue weighted by molar-refractivity contribution is 0.0260. The lowest BCUT2D eigenvalue weighted by atomic mass is 10.0. The fourth-order valence-electron chi connectivity index (χ4n) is 1.75. The third-order valence-electron chi connectivity index (χ3n) is 2.81. The van der Waals surface area contributed by atoms with E-state index in [9.17, 15) is 9.18 Å². The van der Waals surface area contributed by atoms with E-state index in [-0.39, 0.29) is 11.3 Å². The Morgan fingerprint density at radius 2 is 2.28 bits per heavy atom. The number of fused-ring (bicyclic) bond motifs is 1. The molecule has 1 heterocycles. The van der Waals surface area contributed by atoms with Crippen molar-refractivity contribution < 1.29 is 18.7 Å². The lowest BCUT2D eigenvalue weighted by Crippen LogP contribution is -2.44. The van der Waals surface area contributed by atoms with Crippen LogP contribution in [-0.4, -0.2) is 22.4 Å². The van der Waals surface area contributed by atoms with E-state index in [4.69, 9.17) is 9.47 Å². The van der Waals surface area contributed by atoms with Crippen LogP contribution in [0.3, 0.4) is 0 Å². The van der Waals surface area contributed by atoms with Crippen LogP contribution in [0.15, 0.2) is 12.1 Å². The number of rotatable bonds is 3. The molecule has 5 heteroatoms. The number of alkyl halides is 1. The summed E-state index contributed by atoms with van der Waals surface area (Å²) in [5.74, 6) is 0.0575. The summed E-state index contributed by atoms with van der Waals surface area (Å²) in [6.45, 7) is 4.00. The molecule has 0 N–H and O–H groups in total. The molecule has 1 atom stereocenters. The first-order chi connectivity index (χ1) is 8.49. The SMILES string of the molecule is CCC(=O)c1cc(F)cc2c1OC(C)(CI)CO2. The zero-order valence-electron chi connectivity index (χ0n) is 10.3. The van der Waals surface area contributed by atoms with Crippen molar-refractivity contribution in [3.8, 4) is 11.5 Å². The number of ketones is 1. The minimum atomic E-state index is -0.479. The zero-order chi connectivity index (χ0) is 13.3. The molecule has 0 saturated heterocycles. The van der Waals surface area contributed by atoms with E-state index in [1.807, 2.05) is 6.92 Å². The summed E-state index contributed by atoms with van der Waals surface area (Å²) in [5.41, 5.74) is -0.211. The van der Waals surface area contributed by atoms with Crippen molar-refractivity contribution in [2.45, 2.75) is 25.9 Å². The highest BCUT2D eigenvalue weighted by molar-refractivity contribution is 14.1. The number of carbonyl (C=O) groups is 1. The van der Waals surface area contributed by atoms with E-state index in [1.54, 1.807) is 6.92 Å². The quantitative estimate of drug-likeness (QED) is 0.469. The van der Waals surface area contributed by atoms with Gasteiger partial charge in [0.15, 0.2) is 17.3 Å². The Kier molecular flexibility index (Phi) is 3.79. The fourth-order valence-corrected chi connectivity index (χ4v) is 2.13. The first-order valence-corrected chi connectivity index (χ1v) is 7.26. The van der Waals surface area contributed by atoms with Gasteiger partial charge in [0.2, 0.25) is 0 Å². The van der Waals surface area contributed by atoms with Crippen molar-refractivity contribution in [1.29, 1.82) is 0 Å². The molecule has 1 aliphatic rings. The predicted molar refractivity (Wildman–Crippen MR) is 74.4 cm³/mol. The van der Waals surface area contributed by atoms with E-state index in [0.717, 1.165) is 4.43 Å². The number of ether oxygens (including phenoxy) is 2. The number of hydrogen-bond acceptors (Lipinski definition) is 3. The minimum absolute atomic E-state index is 0.146. The molecule has 18 heavy (non-hydrogen) atoms. The van der Waals surface area contributed by atoms with Crippen LogP contribution < -0.4 is 9.47 Å². The molecule has 2 rings (SSSR count). The molecule has 98 valence electrons. The summed E-state index contributed by atoms with van der Waals surface area (Å²) in [7, 11) is 0. The predicted octanol–water partition coefficient (Wildman–Crippen LogP) is 3.38. The van der Waals surface area contributed by atoms with Gasteiger partial charge in [-0.05, 0) is 13.0 Å². The van der Waals surface area contributed by atoms with Crippen LogP contribution in [-0.2, 0) is 0 Å². The van der Waals surface area contributed by atoms with Crippen LogP contribution in [0.25, 0.3) is 0 Å². The number of hydrogen-bond donors (Lipinski definition) is 0. The summed E-state index contributed by atoms with van der Waals surface area (Å²) < 4.78 is 25.5. The van der Waals surface area contributed by atoms with E-state index in [1.165, 1.54) is 12.1 Å². The molecule has 1 unspecified atom stereocenters. The van der Waals surface area contributed by atoms with Gasteiger partial charge in [-0.3, -0.25) is 4.79 Å². The number of benzene rings is 1. The van der Waals surface area contributed by atoms with E-state index in [0.29, 0.717) is 24.5 Å². The van der Waals surface area contributed by atoms with Gasteiger partial charge in [-0.1, -0.05) is 29.5 Å². The Hall–Kier alpha value is -0.850. The Bertz CT molecular complexity index is 489. The van der Waals surface area contributed by atoms with Crippen molar-refractivity contribution in [1.82, 2.24) is 0 Å². The van der Waals surface area contributed by atoms with Crippen molar-refractivity contribution in [2.75, 3.05) is 11.0 Å². The van der Waals surface area contributed by atoms with Crippen molar-refractivity contribution >= 4 is 28.4 Å². The first kappa shape index (κ1) is 13.6. The third-order valence-corrected chi connectivity index (χ3v) is 4.42. The second-order valence-corrected chi connectivity index (χ2v) is 5.29. The molecule has 0 fully saturated rings. The lowest BCUT2D eigenvalue weighted by Gasteiger charge is -2.35. The molecule has 0 saturated carbocycles. The summed E-state index contributed by atoms with van der Waals surface area (Å²) >= 11 is 2.20. The fraction of sp³-hybridized carbons (Fsp3) is 0.462. The van der Waals surface area contributed by atoms with Crippen LogP contribution in [0.4, 0.5) is 4.39 Å². The second kappa shape index (κ2) is 5.03. The highest BCUT2D eigenvalue weighted by Crippen LogP contribution is 2.40. The zero-order valence-corrected chi connectivity index (χ0v) is 12.4. The largest absolute Gasteiger partial charge is 0.485 e. The van der Waals surface area contributed by atoms with Gasteiger partial charge >= 0.3 is 0 Å². The molecule has 0 spiro atoms. The van der Waals surface area contributed by atoms with Crippen molar-refractivity contribution in [2.24, 2.45) is 0 Å². The molecule has 1 aliphatic heterocycles. The number of halogens is 2. The minimum Gasteiger partial charge on any atom is -0.485 e. The van der Waals surface area contributed by atoms with Crippen LogP contribution in [0.2, 0.25) is 0 Å². The average Bonchev–Trinajstić information content (AvgIpc) is 2.37. The van der Waals surface area contributed by atoms with Gasteiger partial charge in [-0.15, -0.1) is 0 Å². The van der Waals surface area contributed by atoms with Gasteiger partial charge in [0.25, 0.3) is 0 Å². The molecule has 0 amide bonds. The maximum atomic E-state index is 13.4. The van der Waals surface area contributed by atoms with Crippen molar-refractivity contribution in [3.05, 3.63) is 23.5 Å². The molecular formula is C13H14FIO3. The third kappa shape index (κ3) is 2.46. The molecule has 0 radical (unpaired) electrons. The molecule has 1 aromatic rings. The van der Waals surface area contributed by atoms with E-state index < -0.39 is 11.4 Å². The van der Waals surface area contributed by atoms with Crippen LogP contribution >= 0.6 is 22.6 Å². The Morgan fingerprint density at radius 1 is 1.56 bits per heavy atom.